The summed E-state index contributed by atoms with van der Waals surface area (Å²) in [5.41, 5.74) is -0.532. The molecule has 3 aliphatic heterocycles. The summed E-state index contributed by atoms with van der Waals surface area (Å²) in [6.07, 6.45) is 0.798. The number of ketones is 1. The van der Waals surface area contributed by atoms with E-state index in [1.54, 1.807) is 4.90 Å². The maximum Gasteiger partial charge on any atom is 0.410 e. The third kappa shape index (κ3) is 4.07. The maximum atomic E-state index is 12.6. The van der Waals surface area contributed by atoms with E-state index in [-0.39, 0.29) is 36.3 Å². The van der Waals surface area contributed by atoms with Crippen molar-refractivity contribution in [1.29, 1.82) is 0 Å². The molecule has 0 aromatic carbocycles. The summed E-state index contributed by atoms with van der Waals surface area (Å²) >= 11 is 0. The van der Waals surface area contributed by atoms with Gasteiger partial charge in [0, 0.05) is 5.92 Å². The largest absolute Gasteiger partial charge is 0.444 e. The van der Waals surface area contributed by atoms with Crippen molar-refractivity contribution in [3.05, 3.63) is 0 Å². The molecule has 3 aliphatic rings. The number of hydrogen-bond donors (Lipinski definition) is 0. The summed E-state index contributed by atoms with van der Waals surface area (Å²) in [5, 5.41) is 0. The molecule has 0 spiro atoms. The molecule has 3 rings (SSSR count). The highest BCUT2D eigenvalue weighted by Crippen LogP contribution is 2.34. The summed E-state index contributed by atoms with van der Waals surface area (Å²) in [4.78, 5) is 26.8. The predicted molar refractivity (Wildman–Crippen MR) is 84.5 cm³/mol. The predicted octanol–water partition coefficient (Wildman–Crippen LogP) is 1.73. The molecule has 0 aromatic heterocycles. The normalized spacial score (nSPS) is 31.1. The van der Waals surface area contributed by atoms with Crippen molar-refractivity contribution in [3.8, 4) is 0 Å². The number of hydrogen-bond acceptors (Lipinski definition) is 6. The van der Waals surface area contributed by atoms with E-state index in [0.29, 0.717) is 39.3 Å². The molecule has 3 heterocycles. The molecule has 7 nitrogen and oxygen atoms in total. The van der Waals surface area contributed by atoms with E-state index in [0.717, 1.165) is 0 Å². The third-order valence-corrected chi connectivity index (χ3v) is 4.64. The zero-order valence-corrected chi connectivity index (χ0v) is 14.7. The van der Waals surface area contributed by atoms with Gasteiger partial charge < -0.3 is 18.9 Å². The van der Waals surface area contributed by atoms with E-state index in [4.69, 9.17) is 18.9 Å². The minimum atomic E-state index is -0.532. The molecule has 136 valence electrons. The van der Waals surface area contributed by atoms with Crippen molar-refractivity contribution in [2.75, 3.05) is 26.4 Å². The molecule has 3 fully saturated rings. The number of ether oxygens (including phenoxy) is 4. The average Bonchev–Trinajstić information content (AvgIpc) is 2.96. The van der Waals surface area contributed by atoms with Gasteiger partial charge in [0.1, 0.15) is 11.4 Å². The van der Waals surface area contributed by atoms with Crippen LogP contribution in [0.3, 0.4) is 0 Å². The van der Waals surface area contributed by atoms with E-state index in [1.165, 1.54) is 0 Å². The molecule has 2 bridgehead atoms. The highest BCUT2D eigenvalue weighted by Gasteiger charge is 2.45. The van der Waals surface area contributed by atoms with Gasteiger partial charge in [0.25, 0.3) is 0 Å². The van der Waals surface area contributed by atoms with Gasteiger partial charge in [0.15, 0.2) is 6.29 Å². The first-order valence-electron chi connectivity index (χ1n) is 8.68. The lowest BCUT2D eigenvalue weighted by Gasteiger charge is -2.48. The first kappa shape index (κ1) is 17.6. The van der Waals surface area contributed by atoms with E-state index in [9.17, 15) is 9.59 Å². The van der Waals surface area contributed by atoms with Gasteiger partial charge in [-0.2, -0.15) is 0 Å². The fourth-order valence-electron chi connectivity index (χ4n) is 3.65. The van der Waals surface area contributed by atoms with Gasteiger partial charge in [-0.05, 0) is 33.6 Å². The van der Waals surface area contributed by atoms with Crippen LogP contribution in [0.2, 0.25) is 0 Å². The quantitative estimate of drug-likeness (QED) is 0.778. The maximum absolute atomic E-state index is 12.6. The lowest BCUT2D eigenvalue weighted by atomic mass is 9.82. The second-order valence-electron chi connectivity index (χ2n) is 7.74. The lowest BCUT2D eigenvalue weighted by Crippen LogP contribution is -2.60. The van der Waals surface area contributed by atoms with Gasteiger partial charge in [-0.25, -0.2) is 4.79 Å². The smallest absolute Gasteiger partial charge is 0.410 e. The van der Waals surface area contributed by atoms with Crippen molar-refractivity contribution in [2.45, 2.75) is 64.0 Å². The molecule has 2 unspecified atom stereocenters. The van der Waals surface area contributed by atoms with Crippen molar-refractivity contribution in [1.82, 2.24) is 4.90 Å². The second kappa shape index (κ2) is 6.98. The van der Waals surface area contributed by atoms with E-state index >= 15 is 0 Å². The number of morpholine rings is 1. The number of carbonyl (C=O) groups is 2. The number of amides is 1. The number of Topliss-reactive ketones (excluding diaryl/α,β-unsaturated/α-hetero) is 1. The summed E-state index contributed by atoms with van der Waals surface area (Å²) in [7, 11) is 0. The summed E-state index contributed by atoms with van der Waals surface area (Å²) < 4.78 is 21.9. The van der Waals surface area contributed by atoms with Crippen LogP contribution in [-0.4, -0.2) is 67.2 Å². The number of carbonyl (C=O) groups excluding carboxylic acids is 2. The van der Waals surface area contributed by atoms with Gasteiger partial charge in [-0.1, -0.05) is 0 Å². The summed E-state index contributed by atoms with van der Waals surface area (Å²) in [5.74, 6) is 0.0815. The Morgan fingerprint density at radius 2 is 1.67 bits per heavy atom. The summed E-state index contributed by atoms with van der Waals surface area (Å²) in [6.45, 7) is 7.58. The molecule has 3 saturated heterocycles. The number of piperidine rings is 1. The highest BCUT2D eigenvalue weighted by atomic mass is 16.7. The highest BCUT2D eigenvalue weighted by molar-refractivity contribution is 5.82. The first-order valence-corrected chi connectivity index (χ1v) is 8.68. The topological polar surface area (TPSA) is 74.3 Å². The van der Waals surface area contributed by atoms with Gasteiger partial charge in [0.05, 0.1) is 44.9 Å². The van der Waals surface area contributed by atoms with Crippen LogP contribution in [0.4, 0.5) is 4.79 Å². The Kier molecular flexibility index (Phi) is 5.13. The Bertz CT molecular complexity index is 468. The number of rotatable bonds is 3. The Labute approximate surface area is 142 Å². The fraction of sp³-hybridized carbons (Fsp3) is 0.882. The number of fused-ring (bicyclic) bond motifs is 2. The van der Waals surface area contributed by atoms with E-state index in [2.05, 4.69) is 0 Å². The Morgan fingerprint density at radius 1 is 1.08 bits per heavy atom. The molecular formula is C17H27NO6. The molecule has 0 N–H and O–H groups in total. The first-order chi connectivity index (χ1) is 11.3. The zero-order valence-electron chi connectivity index (χ0n) is 14.7. The summed E-state index contributed by atoms with van der Waals surface area (Å²) in [6, 6.07) is -0.210. The molecule has 0 aromatic rings. The van der Waals surface area contributed by atoms with Crippen LogP contribution in [0.1, 0.15) is 40.0 Å². The molecule has 0 radical (unpaired) electrons. The van der Waals surface area contributed by atoms with Crippen LogP contribution in [0.15, 0.2) is 0 Å². The molecule has 0 aliphatic carbocycles. The third-order valence-electron chi connectivity index (χ3n) is 4.64. The molecule has 24 heavy (non-hydrogen) atoms. The van der Waals surface area contributed by atoms with Crippen LogP contribution in [0, 0.1) is 5.92 Å². The van der Waals surface area contributed by atoms with Gasteiger partial charge in [-0.15, -0.1) is 0 Å². The molecule has 0 saturated carbocycles. The monoisotopic (exact) mass is 341 g/mol. The Hall–Kier alpha value is -1.18. The zero-order chi connectivity index (χ0) is 17.3. The van der Waals surface area contributed by atoms with Gasteiger partial charge >= 0.3 is 6.09 Å². The van der Waals surface area contributed by atoms with Gasteiger partial charge in [0.2, 0.25) is 0 Å². The average molecular weight is 341 g/mol. The van der Waals surface area contributed by atoms with Crippen LogP contribution >= 0.6 is 0 Å². The van der Waals surface area contributed by atoms with Crippen molar-refractivity contribution in [3.63, 3.8) is 0 Å². The van der Waals surface area contributed by atoms with Crippen molar-refractivity contribution >= 4 is 11.9 Å². The second-order valence-corrected chi connectivity index (χ2v) is 7.74. The van der Waals surface area contributed by atoms with E-state index in [1.807, 2.05) is 20.8 Å². The van der Waals surface area contributed by atoms with Crippen LogP contribution in [-0.2, 0) is 23.7 Å². The molecule has 2 atom stereocenters. The minimum absolute atomic E-state index is 0.0737. The van der Waals surface area contributed by atoms with Gasteiger partial charge in [-0.3, -0.25) is 9.69 Å². The van der Waals surface area contributed by atoms with Crippen LogP contribution in [0.25, 0.3) is 0 Å². The Morgan fingerprint density at radius 3 is 2.21 bits per heavy atom. The van der Waals surface area contributed by atoms with Crippen molar-refractivity contribution < 1.29 is 28.5 Å². The number of nitrogens with zero attached hydrogens (tertiary/aromatic N) is 1. The molecule has 1 amide bonds. The lowest BCUT2D eigenvalue weighted by molar-refractivity contribution is -0.139. The fourth-order valence-corrected chi connectivity index (χ4v) is 3.65. The molecular weight excluding hydrogens is 314 g/mol. The molecule has 7 heteroatoms. The Balaban J connectivity index is 1.62. The van der Waals surface area contributed by atoms with Crippen LogP contribution < -0.4 is 0 Å². The minimum Gasteiger partial charge on any atom is -0.444 e. The SMILES string of the molecule is CC(C)(C)OC(=O)N1C2COCC1CC(C(=O)CC1OCCO1)C2. The standard InChI is InChI=1S/C17H27NO6/c1-17(2,3)24-16(20)18-12-6-11(7-13(18)10-21-9-12)14(19)8-15-22-4-5-23-15/h11-13,15H,4-10H2,1-3H3. The van der Waals surface area contributed by atoms with Crippen LogP contribution in [0.5, 0.6) is 0 Å². The van der Waals surface area contributed by atoms with E-state index < -0.39 is 11.9 Å². The van der Waals surface area contributed by atoms with Crippen molar-refractivity contribution in [2.24, 2.45) is 5.92 Å².